The summed E-state index contributed by atoms with van der Waals surface area (Å²) in [6.07, 6.45) is 0.506. The second-order valence-electron chi connectivity index (χ2n) is 5.06. The molecule has 4 nitrogen and oxygen atoms in total. The van der Waals surface area contributed by atoms with Crippen LogP contribution in [0.25, 0.3) is 5.70 Å². The molecular formula is C16H17ClF2NO3Y-. The first-order chi connectivity index (χ1) is 10.9. The number of carbonyl (C=O) groups excluding carboxylic acids is 1. The maximum absolute atomic E-state index is 12.8. The van der Waals surface area contributed by atoms with Crippen molar-refractivity contribution in [2.24, 2.45) is 0 Å². The van der Waals surface area contributed by atoms with Crippen molar-refractivity contribution < 1.29 is 55.8 Å². The Morgan fingerprint density at radius 2 is 2.17 bits per heavy atom. The third kappa shape index (κ3) is 5.22. The standard InChI is InChI=1S/C16H17ClF2NO3.Y/c1-10-7-11(23-9-22-2)3-4-12(10)14-6-5-13(17)16(21)20(14)8-15(18)19;/h3-4,7,13,15H,5,8-9H2,1-2H3;/q-1;. The number of carbonyl (C=O) groups is 1. The molecule has 1 aromatic carbocycles. The van der Waals surface area contributed by atoms with Crippen molar-refractivity contribution >= 4 is 23.2 Å². The number of allylic oxidation sites excluding steroid dienone is 1. The van der Waals surface area contributed by atoms with Crippen LogP contribution in [0.15, 0.2) is 18.2 Å². The van der Waals surface area contributed by atoms with E-state index in [1.165, 1.54) is 7.11 Å². The van der Waals surface area contributed by atoms with Crippen LogP contribution in [0.1, 0.15) is 17.5 Å². The molecule has 1 aliphatic heterocycles. The number of benzene rings is 1. The van der Waals surface area contributed by atoms with E-state index in [1.807, 2.05) is 6.92 Å². The van der Waals surface area contributed by atoms with Crippen LogP contribution in [0.5, 0.6) is 5.75 Å². The van der Waals surface area contributed by atoms with Crippen LogP contribution in [-0.2, 0) is 42.2 Å². The predicted molar refractivity (Wildman–Crippen MR) is 82.3 cm³/mol. The van der Waals surface area contributed by atoms with Gasteiger partial charge in [-0.15, -0.1) is 34.5 Å². The van der Waals surface area contributed by atoms with Crippen LogP contribution < -0.4 is 4.74 Å². The van der Waals surface area contributed by atoms with Crippen molar-refractivity contribution in [3.63, 3.8) is 0 Å². The van der Waals surface area contributed by atoms with E-state index >= 15 is 0 Å². The van der Waals surface area contributed by atoms with Crippen molar-refractivity contribution in [2.75, 3.05) is 20.4 Å². The van der Waals surface area contributed by atoms with E-state index in [-0.39, 0.29) is 45.9 Å². The third-order valence-electron chi connectivity index (χ3n) is 3.37. The molecule has 1 aromatic rings. The number of amides is 1. The zero-order chi connectivity index (χ0) is 17.0. The normalized spacial score (nSPS) is 17.6. The van der Waals surface area contributed by atoms with Crippen molar-refractivity contribution in [1.82, 2.24) is 4.90 Å². The summed E-state index contributed by atoms with van der Waals surface area (Å²) >= 11 is 5.87. The van der Waals surface area contributed by atoms with Crippen molar-refractivity contribution in [3.05, 3.63) is 35.4 Å². The summed E-state index contributed by atoms with van der Waals surface area (Å²) in [6, 6.07) is 5.15. The average molecular weight is 434 g/mol. The second-order valence-corrected chi connectivity index (χ2v) is 5.59. The number of alkyl halides is 3. The maximum atomic E-state index is 12.8. The van der Waals surface area contributed by atoms with Gasteiger partial charge < -0.3 is 14.4 Å². The fraction of sp³-hybridized carbons (Fsp3) is 0.438. The minimum absolute atomic E-state index is 0. The summed E-state index contributed by atoms with van der Waals surface area (Å²) in [5.41, 5.74) is 1.76. The molecule has 0 saturated carbocycles. The molecule has 0 bridgehead atoms. The SMILES string of the molecule is COCOc1ccc(C2=[C-]CC(Cl)C(=O)N2CC(F)F)c(C)c1.[Y]. The monoisotopic (exact) mass is 433 g/mol. The second kappa shape index (κ2) is 9.80. The minimum atomic E-state index is -2.65. The van der Waals surface area contributed by atoms with Gasteiger partial charge in [0.1, 0.15) is 11.1 Å². The quantitative estimate of drug-likeness (QED) is 0.393. The molecule has 0 aromatic heterocycles. The molecule has 2 rings (SSSR count). The van der Waals surface area contributed by atoms with E-state index in [9.17, 15) is 13.6 Å². The van der Waals surface area contributed by atoms with Crippen LogP contribution in [0.3, 0.4) is 0 Å². The predicted octanol–water partition coefficient (Wildman–Crippen LogP) is 3.22. The smallest absolute Gasteiger partial charge is 0.256 e. The first-order valence-electron chi connectivity index (χ1n) is 7.01. The van der Waals surface area contributed by atoms with Gasteiger partial charge in [0.05, 0.1) is 6.54 Å². The molecule has 0 aliphatic carbocycles. The third-order valence-corrected chi connectivity index (χ3v) is 3.71. The van der Waals surface area contributed by atoms with Gasteiger partial charge in [-0.25, -0.2) is 14.9 Å². The molecule has 0 spiro atoms. The summed E-state index contributed by atoms with van der Waals surface area (Å²) in [5, 5.41) is -0.859. The van der Waals surface area contributed by atoms with Gasteiger partial charge in [0.15, 0.2) is 6.79 Å². The topological polar surface area (TPSA) is 38.8 Å². The summed E-state index contributed by atoms with van der Waals surface area (Å²) in [4.78, 5) is 13.1. The van der Waals surface area contributed by atoms with Gasteiger partial charge in [-0.05, 0) is 12.1 Å². The number of aryl methyl sites for hydroxylation is 1. The number of hydrogen-bond donors (Lipinski definition) is 0. The number of nitrogens with zero attached hydrogens (tertiary/aromatic N) is 1. The molecule has 8 heteroatoms. The first-order valence-corrected chi connectivity index (χ1v) is 7.45. The molecule has 24 heavy (non-hydrogen) atoms. The van der Waals surface area contributed by atoms with Crippen LogP contribution in [0, 0.1) is 13.0 Å². The minimum Gasteiger partial charge on any atom is -0.468 e. The Morgan fingerprint density at radius 3 is 2.75 bits per heavy atom. The maximum Gasteiger partial charge on any atom is 0.256 e. The Bertz CT molecular complexity index is 613. The molecular weight excluding hydrogens is 417 g/mol. The van der Waals surface area contributed by atoms with Crippen molar-refractivity contribution in [3.8, 4) is 5.75 Å². The van der Waals surface area contributed by atoms with Gasteiger partial charge in [-0.1, -0.05) is 13.3 Å². The van der Waals surface area contributed by atoms with Gasteiger partial charge in [0.25, 0.3) is 6.43 Å². The molecule has 1 heterocycles. The average Bonchev–Trinajstić information content (AvgIpc) is 2.50. The Kier molecular flexibility index (Phi) is 8.78. The summed E-state index contributed by atoms with van der Waals surface area (Å²) in [5.74, 6) is 0.0614. The summed E-state index contributed by atoms with van der Waals surface area (Å²) < 4.78 is 35.8. The molecule has 1 aliphatic rings. The molecule has 0 saturated heterocycles. The zero-order valence-corrected chi connectivity index (χ0v) is 17.0. The Morgan fingerprint density at radius 1 is 1.46 bits per heavy atom. The van der Waals surface area contributed by atoms with Gasteiger partial charge in [-0.2, -0.15) is 0 Å². The van der Waals surface area contributed by atoms with E-state index in [2.05, 4.69) is 6.08 Å². The van der Waals surface area contributed by atoms with E-state index in [1.54, 1.807) is 18.2 Å². The molecule has 0 N–H and O–H groups in total. The molecule has 129 valence electrons. The molecule has 1 radical (unpaired) electrons. The number of rotatable bonds is 6. The fourth-order valence-electron chi connectivity index (χ4n) is 2.33. The van der Waals surface area contributed by atoms with E-state index in [0.29, 0.717) is 17.0 Å². The van der Waals surface area contributed by atoms with E-state index in [4.69, 9.17) is 21.1 Å². The number of ether oxygens (including phenoxy) is 2. The number of hydrogen-bond acceptors (Lipinski definition) is 3. The fourth-order valence-corrected chi connectivity index (χ4v) is 2.52. The Labute approximate surface area is 170 Å². The van der Waals surface area contributed by atoms with Crippen LogP contribution >= 0.6 is 11.6 Å². The Hall–Kier alpha value is -0.556. The van der Waals surface area contributed by atoms with Gasteiger partial charge >= 0.3 is 0 Å². The number of halogens is 3. The molecule has 1 amide bonds. The van der Waals surface area contributed by atoms with E-state index in [0.717, 1.165) is 10.5 Å². The van der Waals surface area contributed by atoms with Gasteiger partial charge in [0, 0.05) is 39.8 Å². The summed E-state index contributed by atoms with van der Waals surface area (Å²) in [7, 11) is 1.51. The van der Waals surface area contributed by atoms with Gasteiger partial charge in [-0.3, -0.25) is 4.79 Å². The molecule has 1 atom stereocenters. The number of methoxy groups -OCH3 is 1. The van der Waals surface area contributed by atoms with Crippen LogP contribution in [0.2, 0.25) is 0 Å². The largest absolute Gasteiger partial charge is 0.468 e. The van der Waals surface area contributed by atoms with Crippen molar-refractivity contribution in [1.29, 1.82) is 0 Å². The zero-order valence-electron chi connectivity index (χ0n) is 13.4. The molecule has 0 fully saturated rings. The first kappa shape index (κ1) is 21.5. The van der Waals surface area contributed by atoms with Gasteiger partial charge in [0.2, 0.25) is 5.91 Å². The van der Waals surface area contributed by atoms with E-state index < -0.39 is 24.3 Å². The van der Waals surface area contributed by atoms with Crippen molar-refractivity contribution in [2.45, 2.75) is 25.1 Å². The summed E-state index contributed by atoms with van der Waals surface area (Å²) in [6.45, 7) is 1.21. The van der Waals surface area contributed by atoms with Crippen LogP contribution in [0.4, 0.5) is 8.78 Å². The molecule has 1 unspecified atom stereocenters. The van der Waals surface area contributed by atoms with Crippen LogP contribution in [-0.4, -0.2) is 43.1 Å². The Balaban J connectivity index is 0.00000288.